The first-order valence-electron chi connectivity index (χ1n) is 5.16. The third-order valence-electron chi connectivity index (χ3n) is 2.35. The van der Waals surface area contributed by atoms with Crippen molar-refractivity contribution in [3.8, 4) is 5.75 Å². The molecule has 4 heteroatoms. The molecule has 0 aliphatic heterocycles. The zero-order valence-corrected chi connectivity index (χ0v) is 11.2. The van der Waals surface area contributed by atoms with Gasteiger partial charge in [-0.2, -0.15) is 0 Å². The number of hydrogen-bond acceptors (Lipinski definition) is 3. The predicted octanol–water partition coefficient (Wildman–Crippen LogP) is 0.515. The molecule has 17 heavy (non-hydrogen) atoms. The van der Waals surface area contributed by atoms with Crippen LogP contribution in [0.25, 0.3) is 0 Å². The predicted molar refractivity (Wildman–Crippen MR) is 73.3 cm³/mol. The van der Waals surface area contributed by atoms with Crippen molar-refractivity contribution in [3.63, 3.8) is 0 Å². The van der Waals surface area contributed by atoms with E-state index in [9.17, 15) is 0 Å². The molecule has 2 aromatic rings. The van der Waals surface area contributed by atoms with E-state index in [2.05, 4.69) is 12.1 Å². The molecule has 0 fully saturated rings. The summed E-state index contributed by atoms with van der Waals surface area (Å²) in [5.41, 5.74) is 12.8. The summed E-state index contributed by atoms with van der Waals surface area (Å²) < 4.78 is 7.62. The molecule has 4 N–H and O–H groups in total. The Balaban J connectivity index is 2.16. The van der Waals surface area contributed by atoms with Crippen LogP contribution in [0, 0.1) is 0 Å². The molecule has 0 saturated carbocycles. The Morgan fingerprint density at radius 2 is 1.53 bits per heavy atom. The summed E-state index contributed by atoms with van der Waals surface area (Å²) in [7, 11) is 1.67. The minimum absolute atomic E-state index is 0.244. The number of nitrogen functional groups attached to an aromatic ring is 2. The summed E-state index contributed by atoms with van der Waals surface area (Å²) in [6.07, 6.45) is 0. The van der Waals surface area contributed by atoms with Gasteiger partial charge in [0.25, 0.3) is 0 Å². The summed E-state index contributed by atoms with van der Waals surface area (Å²) in [5.74, 6) is 0.876. The Morgan fingerprint density at radius 1 is 0.882 bits per heavy atom. The number of methoxy groups -OCH3 is 1. The average Bonchev–Trinajstić information content (AvgIpc) is 2.35. The quantitative estimate of drug-likeness (QED) is 0.640. The van der Waals surface area contributed by atoms with E-state index in [1.165, 1.54) is 8.92 Å². The molecule has 2 aromatic carbocycles. The Hall–Kier alpha value is -1.64. The minimum atomic E-state index is 0.244. The molecule has 0 unspecified atom stereocenters. The zero-order valence-electron chi connectivity index (χ0n) is 9.51. The first-order chi connectivity index (χ1) is 8.19. The van der Waals surface area contributed by atoms with Gasteiger partial charge in [0, 0.05) is 0 Å². The maximum atomic E-state index is 5.78. The van der Waals surface area contributed by atoms with E-state index in [-0.39, 0.29) is 15.0 Å². The molecular formula is C13H14N2OSe. The van der Waals surface area contributed by atoms with Crippen LogP contribution < -0.4 is 25.1 Å². The van der Waals surface area contributed by atoms with Crippen LogP contribution in [0.5, 0.6) is 5.75 Å². The summed E-state index contributed by atoms with van der Waals surface area (Å²) in [5, 5.41) is 0. The van der Waals surface area contributed by atoms with Crippen molar-refractivity contribution in [2.24, 2.45) is 0 Å². The van der Waals surface area contributed by atoms with E-state index in [1.807, 2.05) is 30.3 Å². The molecule has 0 radical (unpaired) electrons. The van der Waals surface area contributed by atoms with Gasteiger partial charge in [0.1, 0.15) is 0 Å². The molecule has 0 amide bonds. The van der Waals surface area contributed by atoms with Crippen molar-refractivity contribution in [3.05, 3.63) is 42.5 Å². The maximum absolute atomic E-state index is 5.78. The van der Waals surface area contributed by atoms with Gasteiger partial charge >= 0.3 is 107 Å². The van der Waals surface area contributed by atoms with Gasteiger partial charge in [0.15, 0.2) is 0 Å². The molecular weight excluding hydrogens is 279 g/mol. The van der Waals surface area contributed by atoms with Crippen LogP contribution in [-0.4, -0.2) is 22.1 Å². The van der Waals surface area contributed by atoms with Gasteiger partial charge in [-0.3, -0.25) is 0 Å². The first kappa shape index (κ1) is 11.8. The second-order valence-electron chi connectivity index (χ2n) is 3.57. The van der Waals surface area contributed by atoms with E-state index in [0.29, 0.717) is 11.4 Å². The third kappa shape index (κ3) is 2.93. The van der Waals surface area contributed by atoms with Gasteiger partial charge in [-0.1, -0.05) is 0 Å². The van der Waals surface area contributed by atoms with Crippen LogP contribution in [0.15, 0.2) is 42.5 Å². The van der Waals surface area contributed by atoms with Gasteiger partial charge in [-0.15, -0.1) is 0 Å². The molecule has 0 aliphatic carbocycles. The molecule has 2 rings (SSSR count). The van der Waals surface area contributed by atoms with E-state index < -0.39 is 0 Å². The van der Waals surface area contributed by atoms with Crippen molar-refractivity contribution in [2.75, 3.05) is 18.6 Å². The molecule has 3 nitrogen and oxygen atoms in total. The van der Waals surface area contributed by atoms with E-state index >= 15 is 0 Å². The van der Waals surface area contributed by atoms with Gasteiger partial charge in [-0.25, -0.2) is 0 Å². The van der Waals surface area contributed by atoms with Crippen LogP contribution in [0.3, 0.4) is 0 Å². The topological polar surface area (TPSA) is 61.3 Å². The van der Waals surface area contributed by atoms with Crippen molar-refractivity contribution in [1.29, 1.82) is 0 Å². The van der Waals surface area contributed by atoms with Crippen LogP contribution in [-0.2, 0) is 0 Å². The summed E-state index contributed by atoms with van der Waals surface area (Å²) in [4.78, 5) is 0. The third-order valence-corrected chi connectivity index (χ3v) is 4.45. The number of anilines is 2. The molecule has 0 atom stereocenters. The second kappa shape index (κ2) is 5.13. The van der Waals surface area contributed by atoms with Crippen LogP contribution in [0.2, 0.25) is 0 Å². The Morgan fingerprint density at radius 3 is 2.12 bits per heavy atom. The fraction of sp³-hybridized carbons (Fsp3) is 0.0769. The van der Waals surface area contributed by atoms with E-state index in [1.54, 1.807) is 7.11 Å². The fourth-order valence-electron chi connectivity index (χ4n) is 1.40. The van der Waals surface area contributed by atoms with Crippen molar-refractivity contribution < 1.29 is 4.74 Å². The number of hydrogen-bond donors (Lipinski definition) is 2. The SMILES string of the molecule is COc1ccc([Se]c2ccc(N)c(N)c2)cc1. The number of ether oxygens (including phenoxy) is 1. The van der Waals surface area contributed by atoms with Crippen LogP contribution in [0.1, 0.15) is 0 Å². The molecule has 88 valence electrons. The Kier molecular flexibility index (Phi) is 3.57. The number of nitrogens with two attached hydrogens (primary N) is 2. The van der Waals surface area contributed by atoms with E-state index in [4.69, 9.17) is 16.2 Å². The molecule has 0 bridgehead atoms. The molecule has 0 heterocycles. The number of benzene rings is 2. The monoisotopic (exact) mass is 294 g/mol. The van der Waals surface area contributed by atoms with Crippen LogP contribution >= 0.6 is 0 Å². The van der Waals surface area contributed by atoms with Gasteiger partial charge in [0.05, 0.1) is 0 Å². The zero-order chi connectivity index (χ0) is 12.3. The van der Waals surface area contributed by atoms with Crippen molar-refractivity contribution in [1.82, 2.24) is 0 Å². The first-order valence-corrected chi connectivity index (χ1v) is 6.87. The normalized spacial score (nSPS) is 10.2. The van der Waals surface area contributed by atoms with Gasteiger partial charge < -0.3 is 0 Å². The standard InChI is InChI=1S/C13H14N2OSe/c1-16-9-2-4-10(5-3-9)17-11-6-7-12(14)13(15)8-11/h2-8H,14-15H2,1H3. The number of rotatable bonds is 3. The molecule has 0 saturated heterocycles. The summed E-state index contributed by atoms with van der Waals surface area (Å²) >= 11 is 0.244. The summed E-state index contributed by atoms with van der Waals surface area (Å²) in [6.45, 7) is 0. The van der Waals surface area contributed by atoms with Gasteiger partial charge in [-0.05, 0) is 0 Å². The summed E-state index contributed by atoms with van der Waals surface area (Å²) in [6, 6.07) is 13.9. The molecule has 0 spiro atoms. The van der Waals surface area contributed by atoms with E-state index in [0.717, 1.165) is 5.75 Å². The molecule has 0 aromatic heterocycles. The fourth-order valence-corrected chi connectivity index (χ4v) is 3.21. The molecule has 0 aliphatic rings. The average molecular weight is 293 g/mol. The van der Waals surface area contributed by atoms with Crippen LogP contribution in [0.4, 0.5) is 11.4 Å². The Bertz CT molecular complexity index is 511. The van der Waals surface area contributed by atoms with Gasteiger partial charge in [0.2, 0.25) is 0 Å². The van der Waals surface area contributed by atoms with Crippen molar-refractivity contribution >= 4 is 35.3 Å². The Labute approximate surface area is 107 Å². The van der Waals surface area contributed by atoms with Crippen molar-refractivity contribution in [2.45, 2.75) is 0 Å². The second-order valence-corrected chi connectivity index (χ2v) is 5.97.